The van der Waals surface area contributed by atoms with E-state index in [0.29, 0.717) is 17.9 Å². The number of aromatic nitrogens is 3. The molecule has 0 amide bonds. The number of aryl methyl sites for hydroxylation is 1. The highest BCUT2D eigenvalue weighted by Gasteiger charge is 2.07. The molecule has 0 aliphatic heterocycles. The van der Waals surface area contributed by atoms with Gasteiger partial charge in [-0.25, -0.2) is 4.98 Å². The smallest absolute Gasteiger partial charge is 0.251 e. The summed E-state index contributed by atoms with van der Waals surface area (Å²) in [5.74, 6) is 0.698. The molecule has 0 aliphatic carbocycles. The van der Waals surface area contributed by atoms with E-state index < -0.39 is 0 Å². The van der Waals surface area contributed by atoms with Crippen molar-refractivity contribution in [3.05, 3.63) is 58.9 Å². The van der Waals surface area contributed by atoms with Crippen molar-refractivity contribution in [2.75, 3.05) is 0 Å². The van der Waals surface area contributed by atoms with Crippen LogP contribution in [0.15, 0.2) is 47.5 Å². The van der Waals surface area contributed by atoms with E-state index >= 15 is 0 Å². The second-order valence-corrected chi connectivity index (χ2v) is 4.33. The molecule has 0 fully saturated rings. The molecule has 2 aromatic heterocycles. The van der Waals surface area contributed by atoms with Crippen LogP contribution in [0.5, 0.6) is 0 Å². The Hall–Kier alpha value is -2.49. The highest BCUT2D eigenvalue weighted by molar-refractivity contribution is 5.95. The lowest BCUT2D eigenvalue weighted by atomic mass is 10.0. The third-order valence-corrected chi connectivity index (χ3v) is 3.09. The van der Waals surface area contributed by atoms with Gasteiger partial charge in [-0.15, -0.1) is 0 Å². The maximum atomic E-state index is 11.7. The van der Waals surface area contributed by atoms with Crippen LogP contribution in [0, 0.1) is 0 Å². The average Bonchev–Trinajstić information content (AvgIpc) is 2.46. The number of benzene rings is 1. The van der Waals surface area contributed by atoms with Gasteiger partial charge in [0.2, 0.25) is 0 Å². The molecule has 94 valence electrons. The van der Waals surface area contributed by atoms with Crippen molar-refractivity contribution in [3.8, 4) is 11.3 Å². The Balaban J connectivity index is 2.30. The van der Waals surface area contributed by atoms with Crippen LogP contribution < -0.4 is 5.56 Å². The molecule has 3 aromatic rings. The third kappa shape index (κ3) is 2.12. The molecule has 0 saturated carbocycles. The predicted molar refractivity (Wildman–Crippen MR) is 75.0 cm³/mol. The number of hydrogen-bond donors (Lipinski definition) is 1. The summed E-state index contributed by atoms with van der Waals surface area (Å²) in [6.07, 6.45) is 4.26. The summed E-state index contributed by atoms with van der Waals surface area (Å²) in [5.41, 5.74) is 1.51. The lowest BCUT2D eigenvalue weighted by molar-refractivity contribution is 0.924. The highest BCUT2D eigenvalue weighted by atomic mass is 16.1. The van der Waals surface area contributed by atoms with Gasteiger partial charge in [-0.1, -0.05) is 25.1 Å². The summed E-state index contributed by atoms with van der Waals surface area (Å²) in [7, 11) is 0. The number of pyridine rings is 1. The van der Waals surface area contributed by atoms with Crippen LogP contribution >= 0.6 is 0 Å². The van der Waals surface area contributed by atoms with Gasteiger partial charge in [0.1, 0.15) is 5.82 Å². The van der Waals surface area contributed by atoms with E-state index in [0.717, 1.165) is 16.3 Å². The van der Waals surface area contributed by atoms with Crippen LogP contribution in [0.2, 0.25) is 0 Å². The van der Waals surface area contributed by atoms with Crippen molar-refractivity contribution >= 4 is 10.8 Å². The molecule has 0 spiro atoms. The number of nitrogens with one attached hydrogen (secondary N) is 1. The lowest BCUT2D eigenvalue weighted by Gasteiger charge is -2.06. The van der Waals surface area contributed by atoms with Gasteiger partial charge in [-0.2, -0.15) is 0 Å². The lowest BCUT2D eigenvalue weighted by Crippen LogP contribution is -2.10. The first-order chi connectivity index (χ1) is 9.28. The molecule has 19 heavy (non-hydrogen) atoms. The maximum Gasteiger partial charge on any atom is 0.251 e. The first-order valence-electron chi connectivity index (χ1n) is 6.21. The van der Waals surface area contributed by atoms with Crippen LogP contribution in [0.4, 0.5) is 0 Å². The molecule has 1 N–H and O–H groups in total. The fraction of sp³-hybridized carbons (Fsp3) is 0.133. The Morgan fingerprint density at radius 1 is 1.26 bits per heavy atom. The second-order valence-electron chi connectivity index (χ2n) is 4.33. The Kier molecular flexibility index (Phi) is 2.83. The van der Waals surface area contributed by atoms with Gasteiger partial charge < -0.3 is 4.98 Å². The SMILES string of the molecule is CCc1nc(-c2cccc3ccncc23)cc(=O)[nH]1. The largest absolute Gasteiger partial charge is 0.311 e. The first-order valence-corrected chi connectivity index (χ1v) is 6.21. The average molecular weight is 251 g/mol. The topological polar surface area (TPSA) is 58.6 Å². The summed E-state index contributed by atoms with van der Waals surface area (Å²) >= 11 is 0. The molecular weight excluding hydrogens is 238 g/mol. The zero-order chi connectivity index (χ0) is 13.2. The number of fused-ring (bicyclic) bond motifs is 1. The van der Waals surface area contributed by atoms with E-state index in [-0.39, 0.29) is 5.56 Å². The molecule has 1 aromatic carbocycles. The number of hydrogen-bond acceptors (Lipinski definition) is 3. The molecule has 4 nitrogen and oxygen atoms in total. The van der Waals surface area contributed by atoms with E-state index in [2.05, 4.69) is 15.0 Å². The highest BCUT2D eigenvalue weighted by Crippen LogP contribution is 2.25. The fourth-order valence-electron chi connectivity index (χ4n) is 2.15. The van der Waals surface area contributed by atoms with Gasteiger partial charge in [0, 0.05) is 35.8 Å². The quantitative estimate of drug-likeness (QED) is 0.761. The standard InChI is InChI=1S/C15H13N3O/c1-2-14-17-13(8-15(19)18-14)11-5-3-4-10-6-7-16-9-12(10)11/h3-9H,2H2,1H3,(H,17,18,19). The monoisotopic (exact) mass is 251 g/mol. The van der Waals surface area contributed by atoms with Gasteiger partial charge in [-0.3, -0.25) is 9.78 Å². The molecule has 0 bridgehead atoms. The van der Waals surface area contributed by atoms with Crippen molar-refractivity contribution in [3.63, 3.8) is 0 Å². The van der Waals surface area contributed by atoms with E-state index in [4.69, 9.17) is 0 Å². The molecular formula is C15H13N3O. The minimum atomic E-state index is -0.122. The summed E-state index contributed by atoms with van der Waals surface area (Å²) in [6.45, 7) is 1.96. The van der Waals surface area contributed by atoms with Crippen LogP contribution in [-0.2, 0) is 6.42 Å². The van der Waals surface area contributed by atoms with Gasteiger partial charge in [0.15, 0.2) is 0 Å². The summed E-state index contributed by atoms with van der Waals surface area (Å²) in [5, 5.41) is 2.10. The van der Waals surface area contributed by atoms with Crippen LogP contribution in [0.3, 0.4) is 0 Å². The minimum Gasteiger partial charge on any atom is -0.311 e. The van der Waals surface area contributed by atoms with Gasteiger partial charge in [-0.05, 0) is 11.5 Å². The minimum absolute atomic E-state index is 0.122. The molecule has 2 heterocycles. The van der Waals surface area contributed by atoms with Crippen molar-refractivity contribution in [2.45, 2.75) is 13.3 Å². The number of rotatable bonds is 2. The molecule has 0 saturated heterocycles. The summed E-state index contributed by atoms with van der Waals surface area (Å²) in [6, 6.07) is 9.43. The summed E-state index contributed by atoms with van der Waals surface area (Å²) in [4.78, 5) is 23.0. The van der Waals surface area contributed by atoms with Crippen molar-refractivity contribution < 1.29 is 0 Å². The fourth-order valence-corrected chi connectivity index (χ4v) is 2.15. The van der Waals surface area contributed by atoms with Gasteiger partial charge >= 0.3 is 0 Å². The van der Waals surface area contributed by atoms with Crippen LogP contribution in [-0.4, -0.2) is 15.0 Å². The molecule has 0 radical (unpaired) electrons. The molecule has 0 atom stereocenters. The predicted octanol–water partition coefficient (Wildman–Crippen LogP) is 2.55. The van der Waals surface area contributed by atoms with Crippen molar-refractivity contribution in [1.29, 1.82) is 0 Å². The maximum absolute atomic E-state index is 11.7. The second kappa shape index (κ2) is 4.65. The van der Waals surface area contributed by atoms with E-state index in [1.165, 1.54) is 6.07 Å². The number of nitrogens with zero attached hydrogens (tertiary/aromatic N) is 2. The molecule has 0 unspecified atom stereocenters. The van der Waals surface area contributed by atoms with Gasteiger partial charge in [0.05, 0.1) is 5.69 Å². The third-order valence-electron chi connectivity index (χ3n) is 3.09. The van der Waals surface area contributed by atoms with Crippen molar-refractivity contribution in [2.24, 2.45) is 0 Å². The first kappa shape index (κ1) is 11.6. The van der Waals surface area contributed by atoms with E-state index in [9.17, 15) is 4.79 Å². The number of H-pyrrole nitrogens is 1. The Bertz CT molecular complexity index is 787. The Morgan fingerprint density at radius 2 is 2.16 bits per heavy atom. The number of aromatic amines is 1. The zero-order valence-corrected chi connectivity index (χ0v) is 10.6. The molecule has 3 rings (SSSR count). The van der Waals surface area contributed by atoms with E-state index in [1.54, 1.807) is 12.4 Å². The van der Waals surface area contributed by atoms with Gasteiger partial charge in [0.25, 0.3) is 5.56 Å². The molecule has 0 aliphatic rings. The normalized spacial score (nSPS) is 10.8. The Labute approximate surface area is 110 Å². The molecule has 4 heteroatoms. The van der Waals surface area contributed by atoms with Crippen LogP contribution in [0.25, 0.3) is 22.0 Å². The summed E-state index contributed by atoms with van der Waals surface area (Å²) < 4.78 is 0. The Morgan fingerprint density at radius 3 is 3.00 bits per heavy atom. The zero-order valence-electron chi connectivity index (χ0n) is 10.6. The van der Waals surface area contributed by atoms with E-state index in [1.807, 2.05) is 31.2 Å². The van der Waals surface area contributed by atoms with Crippen molar-refractivity contribution in [1.82, 2.24) is 15.0 Å². The van der Waals surface area contributed by atoms with Crippen LogP contribution in [0.1, 0.15) is 12.7 Å².